The fourth-order valence-electron chi connectivity index (χ4n) is 2.03. The number of hydrogen-bond donors (Lipinski definition) is 1. The molecule has 0 heterocycles. The summed E-state index contributed by atoms with van der Waals surface area (Å²) in [7, 11) is 1.68. The Morgan fingerprint density at radius 1 is 1.29 bits per heavy atom. The summed E-state index contributed by atoms with van der Waals surface area (Å²) in [4.78, 5) is 1.27. The summed E-state index contributed by atoms with van der Waals surface area (Å²) in [5, 5.41) is 12.6. The van der Waals surface area contributed by atoms with Gasteiger partial charge in [-0.2, -0.15) is 5.26 Å². The van der Waals surface area contributed by atoms with Gasteiger partial charge in [0.2, 0.25) is 0 Å². The van der Waals surface area contributed by atoms with E-state index in [0.717, 1.165) is 43.7 Å². The third-order valence-electron chi connectivity index (χ3n) is 3.41. The molecule has 0 fully saturated rings. The molecule has 1 rings (SSSR count). The quantitative estimate of drug-likeness (QED) is 0.519. The van der Waals surface area contributed by atoms with Crippen LogP contribution in [0, 0.1) is 11.3 Å². The van der Waals surface area contributed by atoms with Crippen molar-refractivity contribution in [2.75, 3.05) is 19.4 Å². The summed E-state index contributed by atoms with van der Waals surface area (Å²) >= 11 is 1.86. The third kappa shape index (κ3) is 6.88. The summed E-state index contributed by atoms with van der Waals surface area (Å²) in [6, 6.07) is 10.6. The molecule has 0 aliphatic heterocycles. The minimum atomic E-state index is -0.374. The van der Waals surface area contributed by atoms with Gasteiger partial charge in [-0.25, -0.2) is 0 Å². The van der Waals surface area contributed by atoms with E-state index in [0.29, 0.717) is 0 Å². The van der Waals surface area contributed by atoms with Gasteiger partial charge in [-0.3, -0.25) is 5.32 Å². The average molecular weight is 306 g/mol. The molecule has 0 amide bonds. The first kappa shape index (κ1) is 17.9. The van der Waals surface area contributed by atoms with Gasteiger partial charge in [0.25, 0.3) is 0 Å². The second-order valence-corrected chi connectivity index (χ2v) is 6.52. The molecule has 4 heteroatoms. The van der Waals surface area contributed by atoms with Gasteiger partial charge in [0.05, 0.1) is 13.2 Å². The molecule has 0 saturated carbocycles. The summed E-state index contributed by atoms with van der Waals surface area (Å²) in [5.74, 6) is 1.98. The minimum Gasteiger partial charge on any atom is -0.497 e. The number of thioether (sulfide) groups is 1. The minimum absolute atomic E-state index is 0.374. The molecule has 0 saturated heterocycles. The van der Waals surface area contributed by atoms with Crippen LogP contribution in [0.25, 0.3) is 0 Å². The maximum Gasteiger partial charge on any atom is 0.118 e. The van der Waals surface area contributed by atoms with Crippen LogP contribution in [-0.4, -0.2) is 24.9 Å². The first-order valence-electron chi connectivity index (χ1n) is 7.56. The van der Waals surface area contributed by atoms with Gasteiger partial charge in [-0.15, -0.1) is 11.8 Å². The highest BCUT2D eigenvalue weighted by Gasteiger charge is 2.21. The molecule has 1 aromatic carbocycles. The summed E-state index contributed by atoms with van der Waals surface area (Å²) in [5.41, 5.74) is -0.374. The number of methoxy groups -OCH3 is 1. The topological polar surface area (TPSA) is 45.0 Å². The van der Waals surface area contributed by atoms with Crippen LogP contribution < -0.4 is 10.1 Å². The van der Waals surface area contributed by atoms with E-state index >= 15 is 0 Å². The second kappa shape index (κ2) is 9.70. The monoisotopic (exact) mass is 306 g/mol. The standard InChI is InChI=1S/C17H26N2OS/c1-4-12-19-17(2,14-18)11-5-6-13-21-16-9-7-15(20-3)8-10-16/h7-10,19H,4-6,11-13H2,1-3H3. The zero-order valence-corrected chi connectivity index (χ0v) is 14.1. The van der Waals surface area contributed by atoms with E-state index in [1.807, 2.05) is 30.8 Å². The number of unbranched alkanes of at least 4 members (excludes halogenated alkanes) is 1. The highest BCUT2D eigenvalue weighted by Crippen LogP contribution is 2.23. The van der Waals surface area contributed by atoms with E-state index in [2.05, 4.69) is 30.4 Å². The molecular formula is C17H26N2OS. The van der Waals surface area contributed by atoms with Crippen LogP contribution in [0.3, 0.4) is 0 Å². The molecule has 0 aliphatic rings. The molecule has 0 radical (unpaired) electrons. The van der Waals surface area contributed by atoms with Crippen LogP contribution in [-0.2, 0) is 0 Å². The number of nitrogens with one attached hydrogen (secondary N) is 1. The van der Waals surface area contributed by atoms with Gasteiger partial charge in [0.1, 0.15) is 11.3 Å². The Balaban J connectivity index is 2.22. The van der Waals surface area contributed by atoms with Crippen LogP contribution in [0.5, 0.6) is 5.75 Å². The van der Waals surface area contributed by atoms with Crippen molar-refractivity contribution in [3.05, 3.63) is 24.3 Å². The van der Waals surface area contributed by atoms with Crippen LogP contribution >= 0.6 is 11.8 Å². The number of nitrogens with zero attached hydrogens (tertiary/aromatic N) is 1. The Morgan fingerprint density at radius 2 is 2.00 bits per heavy atom. The van der Waals surface area contributed by atoms with Crippen LogP contribution in [0.1, 0.15) is 39.5 Å². The molecule has 3 nitrogen and oxygen atoms in total. The van der Waals surface area contributed by atoms with Gasteiger partial charge in [0.15, 0.2) is 0 Å². The summed E-state index contributed by atoms with van der Waals surface area (Å²) < 4.78 is 5.15. The van der Waals surface area contributed by atoms with Crippen molar-refractivity contribution in [3.63, 3.8) is 0 Å². The van der Waals surface area contributed by atoms with E-state index in [1.165, 1.54) is 4.90 Å². The van der Waals surface area contributed by atoms with E-state index < -0.39 is 0 Å². The lowest BCUT2D eigenvalue weighted by molar-refractivity contribution is 0.406. The highest BCUT2D eigenvalue weighted by molar-refractivity contribution is 7.99. The molecule has 0 aromatic heterocycles. The molecule has 0 bridgehead atoms. The molecule has 21 heavy (non-hydrogen) atoms. The zero-order chi connectivity index (χ0) is 15.6. The summed E-state index contributed by atoms with van der Waals surface area (Å²) in [6.07, 6.45) is 4.17. The van der Waals surface area contributed by atoms with Crippen molar-refractivity contribution in [1.29, 1.82) is 5.26 Å². The number of nitriles is 1. The van der Waals surface area contributed by atoms with Crippen molar-refractivity contribution in [3.8, 4) is 11.8 Å². The Labute approximate surface area is 133 Å². The lowest BCUT2D eigenvalue weighted by Crippen LogP contribution is -2.41. The van der Waals surface area contributed by atoms with E-state index in [1.54, 1.807) is 7.11 Å². The van der Waals surface area contributed by atoms with Gasteiger partial charge >= 0.3 is 0 Å². The van der Waals surface area contributed by atoms with E-state index in [9.17, 15) is 5.26 Å². The Bertz CT molecular complexity index is 441. The third-order valence-corrected chi connectivity index (χ3v) is 4.51. The van der Waals surface area contributed by atoms with Gasteiger partial charge in [0, 0.05) is 4.90 Å². The lowest BCUT2D eigenvalue weighted by Gasteiger charge is -2.22. The maximum absolute atomic E-state index is 9.27. The van der Waals surface area contributed by atoms with Crippen molar-refractivity contribution in [2.45, 2.75) is 50.0 Å². The molecule has 1 unspecified atom stereocenters. The molecule has 1 aromatic rings. The number of hydrogen-bond acceptors (Lipinski definition) is 4. The fraction of sp³-hybridized carbons (Fsp3) is 0.588. The molecule has 116 valence electrons. The van der Waals surface area contributed by atoms with Gasteiger partial charge in [-0.05, 0) is 69.2 Å². The SMILES string of the molecule is CCCNC(C)(C#N)CCCCSc1ccc(OC)cc1. The fourth-order valence-corrected chi connectivity index (χ4v) is 2.94. The normalized spacial score (nSPS) is 13.4. The Morgan fingerprint density at radius 3 is 2.57 bits per heavy atom. The van der Waals surface area contributed by atoms with Gasteiger partial charge < -0.3 is 4.74 Å². The first-order chi connectivity index (χ1) is 10.1. The van der Waals surface area contributed by atoms with Crippen molar-refractivity contribution in [2.24, 2.45) is 0 Å². The number of rotatable bonds is 10. The molecule has 0 spiro atoms. The summed E-state index contributed by atoms with van der Waals surface area (Å²) in [6.45, 7) is 5.03. The molecule has 0 aliphatic carbocycles. The van der Waals surface area contributed by atoms with Crippen molar-refractivity contribution >= 4 is 11.8 Å². The lowest BCUT2D eigenvalue weighted by atomic mass is 9.96. The Hall–Kier alpha value is -1.18. The molecule has 1 atom stereocenters. The van der Waals surface area contributed by atoms with Crippen molar-refractivity contribution < 1.29 is 4.74 Å². The molecular weight excluding hydrogens is 280 g/mol. The molecule has 1 N–H and O–H groups in total. The van der Waals surface area contributed by atoms with E-state index in [-0.39, 0.29) is 5.54 Å². The largest absolute Gasteiger partial charge is 0.497 e. The average Bonchev–Trinajstić information content (AvgIpc) is 2.53. The van der Waals surface area contributed by atoms with Crippen LogP contribution in [0.2, 0.25) is 0 Å². The Kier molecular flexibility index (Phi) is 8.26. The first-order valence-corrected chi connectivity index (χ1v) is 8.55. The highest BCUT2D eigenvalue weighted by atomic mass is 32.2. The smallest absolute Gasteiger partial charge is 0.118 e. The number of ether oxygens (including phenoxy) is 1. The predicted octanol–water partition coefficient (Wildman–Crippen LogP) is 4.24. The zero-order valence-electron chi connectivity index (χ0n) is 13.3. The van der Waals surface area contributed by atoms with Crippen molar-refractivity contribution in [1.82, 2.24) is 5.32 Å². The number of benzene rings is 1. The second-order valence-electron chi connectivity index (χ2n) is 5.35. The predicted molar refractivity (Wildman–Crippen MR) is 89.9 cm³/mol. The van der Waals surface area contributed by atoms with Crippen LogP contribution in [0.4, 0.5) is 0 Å². The van der Waals surface area contributed by atoms with E-state index in [4.69, 9.17) is 4.74 Å². The van der Waals surface area contributed by atoms with Crippen LogP contribution in [0.15, 0.2) is 29.2 Å². The maximum atomic E-state index is 9.27. The van der Waals surface area contributed by atoms with Gasteiger partial charge in [-0.1, -0.05) is 6.92 Å².